The molecule has 0 saturated carbocycles. The van der Waals surface area contributed by atoms with Gasteiger partial charge in [0.15, 0.2) is 0 Å². The molecule has 1 aromatic heterocycles. The Morgan fingerprint density at radius 1 is 1.26 bits per heavy atom. The quantitative estimate of drug-likeness (QED) is 0.779. The lowest BCUT2D eigenvalue weighted by Crippen LogP contribution is -2.13. The second kappa shape index (κ2) is 6.40. The van der Waals surface area contributed by atoms with Gasteiger partial charge in [0.25, 0.3) is 0 Å². The van der Waals surface area contributed by atoms with Crippen LogP contribution in [0, 0.1) is 0 Å². The molecule has 0 aliphatic carbocycles. The van der Waals surface area contributed by atoms with Gasteiger partial charge in [-0.25, -0.2) is 9.67 Å². The molecule has 0 fully saturated rings. The number of nitrogens with zero attached hydrogens (tertiary/aromatic N) is 3. The first-order valence-electron chi connectivity index (χ1n) is 6.32. The summed E-state index contributed by atoms with van der Waals surface area (Å²) in [6.45, 7) is 4.17. The van der Waals surface area contributed by atoms with Crippen molar-refractivity contribution in [3.05, 3.63) is 47.0 Å². The average molecular weight is 298 g/mol. The Morgan fingerprint density at radius 3 is 2.63 bits per heavy atom. The molecule has 0 saturated heterocycles. The zero-order chi connectivity index (χ0) is 13.8. The van der Waals surface area contributed by atoms with Gasteiger partial charge in [0.1, 0.15) is 12.2 Å². The van der Waals surface area contributed by atoms with Crippen LogP contribution in [0.25, 0.3) is 0 Å². The highest BCUT2D eigenvalue weighted by atomic mass is 35.5. The molecule has 2 rings (SSSR count). The van der Waals surface area contributed by atoms with Crippen molar-refractivity contribution in [2.24, 2.45) is 0 Å². The summed E-state index contributed by atoms with van der Waals surface area (Å²) in [6, 6.07) is 8.11. The van der Waals surface area contributed by atoms with Crippen molar-refractivity contribution in [3.8, 4) is 0 Å². The van der Waals surface area contributed by atoms with Gasteiger partial charge in [-0.15, -0.1) is 11.6 Å². The molecular weight excluding hydrogens is 281 g/mol. The van der Waals surface area contributed by atoms with E-state index >= 15 is 0 Å². The Kier molecular flexibility index (Phi) is 4.83. The third-order valence-electron chi connectivity index (χ3n) is 3.10. The summed E-state index contributed by atoms with van der Waals surface area (Å²) in [6.07, 6.45) is 2.33. The van der Waals surface area contributed by atoms with Crippen LogP contribution in [0.5, 0.6) is 0 Å². The van der Waals surface area contributed by atoms with Crippen molar-refractivity contribution >= 4 is 23.2 Å². The van der Waals surface area contributed by atoms with Crippen LogP contribution >= 0.6 is 23.2 Å². The average Bonchev–Trinajstić information content (AvgIpc) is 2.85. The highest BCUT2D eigenvalue weighted by molar-refractivity contribution is 6.31. The van der Waals surface area contributed by atoms with Crippen LogP contribution in [0.3, 0.4) is 0 Å². The largest absolute Gasteiger partial charge is 0.248 e. The zero-order valence-corrected chi connectivity index (χ0v) is 12.6. The Hall–Kier alpha value is -1.06. The van der Waals surface area contributed by atoms with E-state index in [9.17, 15) is 0 Å². The molecule has 1 atom stereocenters. The first-order chi connectivity index (χ1) is 9.13. The molecule has 1 heterocycles. The van der Waals surface area contributed by atoms with E-state index < -0.39 is 0 Å². The lowest BCUT2D eigenvalue weighted by Gasteiger charge is -2.17. The number of rotatable bonds is 5. The molecule has 1 unspecified atom stereocenters. The smallest absolute Gasteiger partial charge is 0.138 e. The highest BCUT2D eigenvalue weighted by Gasteiger charge is 2.18. The number of hydrogen-bond acceptors (Lipinski definition) is 2. The summed E-state index contributed by atoms with van der Waals surface area (Å²) >= 11 is 12.3. The fraction of sp³-hybridized carbons (Fsp3) is 0.429. The summed E-state index contributed by atoms with van der Waals surface area (Å²) in [5.74, 6) is 1.60. The fourth-order valence-corrected chi connectivity index (χ4v) is 2.69. The van der Waals surface area contributed by atoms with Gasteiger partial charge in [-0.05, 0) is 25.5 Å². The summed E-state index contributed by atoms with van der Waals surface area (Å²) in [5.41, 5.74) is 1.07. The molecule has 0 aliphatic heterocycles. The maximum atomic E-state index is 6.24. The van der Waals surface area contributed by atoms with Crippen molar-refractivity contribution in [3.63, 3.8) is 0 Å². The first-order valence-corrected chi connectivity index (χ1v) is 7.23. The standard InChI is InChI=1S/C14H17Cl2N3/c1-10(2)19-14(17-9-18-19)7-11(8-15)12-5-3-4-6-13(12)16/h3-6,9-11H,7-8H2,1-2H3. The molecule has 2 aromatic rings. The molecular formula is C14H17Cl2N3. The lowest BCUT2D eigenvalue weighted by atomic mass is 9.97. The number of hydrogen-bond donors (Lipinski definition) is 0. The van der Waals surface area contributed by atoms with E-state index in [0.717, 1.165) is 22.8 Å². The van der Waals surface area contributed by atoms with Crippen LogP contribution in [0.4, 0.5) is 0 Å². The Bertz CT molecular complexity index is 537. The summed E-state index contributed by atoms with van der Waals surface area (Å²) in [4.78, 5) is 4.33. The van der Waals surface area contributed by atoms with E-state index in [1.165, 1.54) is 0 Å². The molecule has 5 heteroatoms. The lowest BCUT2D eigenvalue weighted by molar-refractivity contribution is 0.496. The third-order valence-corrected chi connectivity index (χ3v) is 3.81. The molecule has 102 valence electrons. The Balaban J connectivity index is 2.25. The molecule has 0 radical (unpaired) electrons. The fourth-order valence-electron chi connectivity index (χ4n) is 2.13. The molecule has 0 spiro atoms. The van der Waals surface area contributed by atoms with Gasteiger partial charge in [-0.1, -0.05) is 29.8 Å². The van der Waals surface area contributed by atoms with Gasteiger partial charge in [-0.3, -0.25) is 0 Å². The van der Waals surface area contributed by atoms with Crippen LogP contribution in [0.2, 0.25) is 5.02 Å². The van der Waals surface area contributed by atoms with Crippen molar-refractivity contribution in [2.45, 2.75) is 32.2 Å². The van der Waals surface area contributed by atoms with Crippen LogP contribution < -0.4 is 0 Å². The molecule has 0 amide bonds. The third kappa shape index (κ3) is 3.28. The number of alkyl halides is 1. The predicted molar refractivity (Wildman–Crippen MR) is 79.0 cm³/mol. The summed E-state index contributed by atoms with van der Waals surface area (Å²) in [7, 11) is 0. The van der Waals surface area contributed by atoms with Crippen LogP contribution in [0.1, 0.15) is 37.2 Å². The monoisotopic (exact) mass is 297 g/mol. The number of halogens is 2. The van der Waals surface area contributed by atoms with E-state index in [1.54, 1.807) is 6.33 Å². The Labute approximate surface area is 123 Å². The van der Waals surface area contributed by atoms with E-state index in [2.05, 4.69) is 23.9 Å². The second-order valence-corrected chi connectivity index (χ2v) is 5.51. The van der Waals surface area contributed by atoms with Crippen molar-refractivity contribution in [1.82, 2.24) is 14.8 Å². The van der Waals surface area contributed by atoms with Gasteiger partial charge in [0, 0.05) is 29.3 Å². The van der Waals surface area contributed by atoms with E-state index in [-0.39, 0.29) is 5.92 Å². The van der Waals surface area contributed by atoms with Gasteiger partial charge < -0.3 is 0 Å². The van der Waals surface area contributed by atoms with E-state index in [0.29, 0.717) is 11.9 Å². The van der Waals surface area contributed by atoms with E-state index in [4.69, 9.17) is 23.2 Å². The van der Waals surface area contributed by atoms with Crippen LogP contribution in [-0.4, -0.2) is 20.6 Å². The molecule has 3 nitrogen and oxygen atoms in total. The van der Waals surface area contributed by atoms with Crippen LogP contribution in [-0.2, 0) is 6.42 Å². The van der Waals surface area contributed by atoms with Gasteiger partial charge in [-0.2, -0.15) is 5.10 Å². The second-order valence-electron chi connectivity index (χ2n) is 4.79. The number of benzene rings is 1. The van der Waals surface area contributed by atoms with Crippen molar-refractivity contribution < 1.29 is 0 Å². The molecule has 19 heavy (non-hydrogen) atoms. The maximum absolute atomic E-state index is 6.24. The minimum Gasteiger partial charge on any atom is -0.248 e. The molecule has 0 N–H and O–H groups in total. The molecule has 1 aromatic carbocycles. The summed E-state index contributed by atoms with van der Waals surface area (Å²) in [5, 5.41) is 5.00. The minimum absolute atomic E-state index is 0.150. The van der Waals surface area contributed by atoms with Gasteiger partial charge >= 0.3 is 0 Å². The highest BCUT2D eigenvalue weighted by Crippen LogP contribution is 2.28. The number of aromatic nitrogens is 3. The zero-order valence-electron chi connectivity index (χ0n) is 11.1. The van der Waals surface area contributed by atoms with Gasteiger partial charge in [0.2, 0.25) is 0 Å². The topological polar surface area (TPSA) is 30.7 Å². The maximum Gasteiger partial charge on any atom is 0.138 e. The molecule has 0 bridgehead atoms. The van der Waals surface area contributed by atoms with Crippen molar-refractivity contribution in [1.29, 1.82) is 0 Å². The predicted octanol–water partition coefficient (Wildman–Crippen LogP) is 4.08. The van der Waals surface area contributed by atoms with E-state index in [1.807, 2.05) is 28.9 Å². The van der Waals surface area contributed by atoms with Gasteiger partial charge in [0.05, 0.1) is 0 Å². The SMILES string of the molecule is CC(C)n1ncnc1CC(CCl)c1ccccc1Cl. The molecule has 0 aliphatic rings. The summed E-state index contributed by atoms with van der Waals surface area (Å²) < 4.78 is 1.93. The minimum atomic E-state index is 0.150. The van der Waals surface area contributed by atoms with Crippen LogP contribution in [0.15, 0.2) is 30.6 Å². The Morgan fingerprint density at radius 2 is 2.00 bits per heavy atom. The first kappa shape index (κ1) is 14.4. The normalized spacial score (nSPS) is 12.9. The van der Waals surface area contributed by atoms with Crippen molar-refractivity contribution in [2.75, 3.05) is 5.88 Å².